The topological polar surface area (TPSA) is 85.5 Å². The van der Waals surface area contributed by atoms with Crippen LogP contribution in [0.2, 0.25) is 15.2 Å². The highest BCUT2D eigenvalue weighted by atomic mass is 35.5. The van der Waals surface area contributed by atoms with Crippen LogP contribution in [-0.4, -0.2) is 41.5 Å². The van der Waals surface area contributed by atoms with Crippen LogP contribution in [0.25, 0.3) is 0 Å². The summed E-state index contributed by atoms with van der Waals surface area (Å²) in [6, 6.07) is 0.171. The summed E-state index contributed by atoms with van der Waals surface area (Å²) in [5, 5.41) is -0.345. The normalized spacial score (nSPS) is 20.2. The molecule has 1 aliphatic rings. The van der Waals surface area contributed by atoms with Crippen LogP contribution in [0.4, 0.5) is 5.69 Å². The lowest BCUT2D eigenvalue weighted by Gasteiger charge is -2.33. The number of ether oxygens (including phenoxy) is 1. The zero-order chi connectivity index (χ0) is 18.7. The standard InChI is InChI=1S/C16H20Cl3N3O3/c1-8-3-5-9(6-4-8)22(2)10(23)7-25-16(24)14-11(17)13(20)12(18)15(19)21-14/h8-9H,3-7H2,1-2H3,(H2,20,21). The molecule has 1 aromatic rings. The predicted octanol–water partition coefficient (Wildman–Crippen LogP) is 3.82. The molecule has 0 spiro atoms. The van der Waals surface area contributed by atoms with Crippen molar-refractivity contribution in [1.29, 1.82) is 0 Å². The van der Waals surface area contributed by atoms with E-state index in [1.807, 2.05) is 0 Å². The zero-order valence-corrected chi connectivity index (χ0v) is 16.3. The average Bonchev–Trinajstić information content (AvgIpc) is 2.60. The minimum absolute atomic E-state index is 0.0365. The molecule has 1 heterocycles. The average molecular weight is 409 g/mol. The van der Waals surface area contributed by atoms with Crippen molar-refractivity contribution in [2.45, 2.75) is 38.6 Å². The van der Waals surface area contributed by atoms with Crippen molar-refractivity contribution >= 4 is 52.4 Å². The SMILES string of the molecule is CC1CCC(N(C)C(=O)COC(=O)c2nc(Cl)c(Cl)c(N)c2Cl)CC1. The quantitative estimate of drug-likeness (QED) is 0.604. The van der Waals surface area contributed by atoms with E-state index in [-0.39, 0.29) is 38.5 Å². The number of likely N-dealkylation sites (N-methyl/N-ethyl adjacent to an activating group) is 1. The molecule has 0 aliphatic heterocycles. The zero-order valence-electron chi connectivity index (χ0n) is 14.0. The molecule has 2 rings (SSSR count). The van der Waals surface area contributed by atoms with E-state index in [4.69, 9.17) is 45.3 Å². The van der Waals surface area contributed by atoms with Crippen molar-refractivity contribution < 1.29 is 14.3 Å². The minimum Gasteiger partial charge on any atom is -0.451 e. The molecule has 138 valence electrons. The maximum Gasteiger partial charge on any atom is 0.359 e. The number of carbonyl (C=O) groups is 2. The summed E-state index contributed by atoms with van der Waals surface area (Å²) in [5.41, 5.74) is 5.33. The highest BCUT2D eigenvalue weighted by Crippen LogP contribution is 2.34. The van der Waals surface area contributed by atoms with Crippen LogP contribution in [0.1, 0.15) is 43.1 Å². The summed E-state index contributed by atoms with van der Waals surface area (Å²) in [7, 11) is 1.72. The van der Waals surface area contributed by atoms with Crippen LogP contribution in [0.15, 0.2) is 0 Å². The van der Waals surface area contributed by atoms with Crippen LogP contribution < -0.4 is 5.73 Å². The molecule has 0 saturated heterocycles. The van der Waals surface area contributed by atoms with E-state index in [1.165, 1.54) is 0 Å². The largest absolute Gasteiger partial charge is 0.451 e. The summed E-state index contributed by atoms with van der Waals surface area (Å²) in [5.74, 6) is -0.475. The van der Waals surface area contributed by atoms with Crippen molar-refractivity contribution in [3.05, 3.63) is 20.9 Å². The third-order valence-corrected chi connectivity index (χ3v) is 5.65. The monoisotopic (exact) mass is 407 g/mol. The lowest BCUT2D eigenvalue weighted by Crippen LogP contribution is -2.41. The Bertz CT molecular complexity index is 676. The van der Waals surface area contributed by atoms with Gasteiger partial charge in [-0.3, -0.25) is 4.79 Å². The smallest absolute Gasteiger partial charge is 0.359 e. The highest BCUT2D eigenvalue weighted by Gasteiger charge is 2.26. The number of hydrogen-bond donors (Lipinski definition) is 1. The van der Waals surface area contributed by atoms with E-state index in [0.717, 1.165) is 25.7 Å². The fraction of sp³-hybridized carbons (Fsp3) is 0.562. The number of hydrogen-bond acceptors (Lipinski definition) is 5. The Hall–Kier alpha value is -1.24. The van der Waals surface area contributed by atoms with Gasteiger partial charge in [-0.1, -0.05) is 41.7 Å². The van der Waals surface area contributed by atoms with Gasteiger partial charge in [0.1, 0.15) is 5.02 Å². The first-order valence-electron chi connectivity index (χ1n) is 7.95. The van der Waals surface area contributed by atoms with Gasteiger partial charge in [-0.05, 0) is 31.6 Å². The number of amides is 1. The van der Waals surface area contributed by atoms with E-state index in [2.05, 4.69) is 11.9 Å². The fourth-order valence-corrected chi connectivity index (χ4v) is 3.38. The number of anilines is 1. The van der Waals surface area contributed by atoms with Crippen molar-refractivity contribution in [3.8, 4) is 0 Å². The molecule has 0 unspecified atom stereocenters. The Kier molecular flexibility index (Phi) is 6.77. The van der Waals surface area contributed by atoms with Gasteiger partial charge in [0.15, 0.2) is 17.5 Å². The fourth-order valence-electron chi connectivity index (χ4n) is 2.80. The second kappa shape index (κ2) is 8.43. The molecule has 1 aromatic heterocycles. The van der Waals surface area contributed by atoms with Crippen LogP contribution in [0, 0.1) is 5.92 Å². The van der Waals surface area contributed by atoms with Gasteiger partial charge in [-0.15, -0.1) is 0 Å². The Morgan fingerprint density at radius 3 is 2.40 bits per heavy atom. The Morgan fingerprint density at radius 2 is 1.80 bits per heavy atom. The lowest BCUT2D eigenvalue weighted by atomic mass is 9.87. The number of nitrogen functional groups attached to an aromatic ring is 1. The van der Waals surface area contributed by atoms with E-state index < -0.39 is 12.6 Å². The molecule has 9 heteroatoms. The Morgan fingerprint density at radius 1 is 1.20 bits per heavy atom. The minimum atomic E-state index is -0.880. The van der Waals surface area contributed by atoms with E-state index in [0.29, 0.717) is 5.92 Å². The second-order valence-corrected chi connectivity index (χ2v) is 7.40. The van der Waals surface area contributed by atoms with E-state index in [1.54, 1.807) is 11.9 Å². The summed E-state index contributed by atoms with van der Waals surface area (Å²) in [4.78, 5) is 29.8. The van der Waals surface area contributed by atoms with Crippen LogP contribution in [0.5, 0.6) is 0 Å². The number of pyridine rings is 1. The molecule has 1 amide bonds. The van der Waals surface area contributed by atoms with Gasteiger partial charge in [0.05, 0.1) is 10.7 Å². The third-order valence-electron chi connectivity index (χ3n) is 4.52. The Balaban J connectivity index is 1.97. The first-order valence-corrected chi connectivity index (χ1v) is 9.08. The van der Waals surface area contributed by atoms with Gasteiger partial charge in [0.2, 0.25) is 0 Å². The second-order valence-electron chi connectivity index (χ2n) is 6.29. The summed E-state index contributed by atoms with van der Waals surface area (Å²) < 4.78 is 5.02. The maximum atomic E-state index is 12.3. The molecule has 6 nitrogen and oxygen atoms in total. The maximum absolute atomic E-state index is 12.3. The lowest BCUT2D eigenvalue weighted by molar-refractivity contribution is -0.136. The molecule has 0 radical (unpaired) electrons. The summed E-state index contributed by atoms with van der Waals surface area (Å²) in [6.45, 7) is 1.80. The number of carbonyl (C=O) groups excluding carboxylic acids is 2. The van der Waals surface area contributed by atoms with Crippen LogP contribution >= 0.6 is 34.8 Å². The molecule has 2 N–H and O–H groups in total. The van der Waals surface area contributed by atoms with E-state index in [9.17, 15) is 9.59 Å². The van der Waals surface area contributed by atoms with Gasteiger partial charge >= 0.3 is 5.97 Å². The molecular weight excluding hydrogens is 389 g/mol. The Labute approximate surface area is 161 Å². The van der Waals surface area contributed by atoms with Gasteiger partial charge < -0.3 is 15.4 Å². The molecule has 0 aromatic carbocycles. The van der Waals surface area contributed by atoms with Crippen LogP contribution in [-0.2, 0) is 9.53 Å². The number of esters is 1. The highest BCUT2D eigenvalue weighted by molar-refractivity contribution is 6.46. The van der Waals surface area contributed by atoms with Gasteiger partial charge in [-0.2, -0.15) is 0 Å². The van der Waals surface area contributed by atoms with E-state index >= 15 is 0 Å². The molecular formula is C16H20Cl3N3O3. The van der Waals surface area contributed by atoms with Crippen molar-refractivity contribution in [2.75, 3.05) is 19.4 Å². The summed E-state index contributed by atoms with van der Waals surface area (Å²) >= 11 is 17.6. The number of nitrogens with zero attached hydrogens (tertiary/aromatic N) is 2. The van der Waals surface area contributed by atoms with Gasteiger partial charge in [0.25, 0.3) is 5.91 Å². The van der Waals surface area contributed by atoms with Crippen molar-refractivity contribution in [1.82, 2.24) is 9.88 Å². The van der Waals surface area contributed by atoms with Crippen LogP contribution in [0.3, 0.4) is 0 Å². The third kappa shape index (κ3) is 4.68. The molecule has 25 heavy (non-hydrogen) atoms. The summed E-state index contributed by atoms with van der Waals surface area (Å²) in [6.07, 6.45) is 4.08. The number of halogens is 3. The molecule has 1 fully saturated rings. The molecule has 0 atom stereocenters. The predicted molar refractivity (Wildman–Crippen MR) is 98.2 cm³/mol. The molecule has 0 bridgehead atoms. The molecule has 1 aliphatic carbocycles. The van der Waals surface area contributed by atoms with Gasteiger partial charge in [0, 0.05) is 13.1 Å². The first kappa shape index (κ1) is 20.1. The molecule has 1 saturated carbocycles. The van der Waals surface area contributed by atoms with Crippen molar-refractivity contribution in [3.63, 3.8) is 0 Å². The van der Waals surface area contributed by atoms with Crippen molar-refractivity contribution in [2.24, 2.45) is 5.92 Å². The number of nitrogens with two attached hydrogens (primary N) is 1. The first-order chi connectivity index (χ1) is 11.7. The van der Waals surface area contributed by atoms with Gasteiger partial charge in [-0.25, -0.2) is 9.78 Å². The number of aromatic nitrogens is 1. The number of rotatable bonds is 4.